The molecule has 0 atom stereocenters. The van der Waals surface area contributed by atoms with E-state index < -0.39 is 0 Å². The van der Waals surface area contributed by atoms with E-state index in [-0.39, 0.29) is 6.61 Å². The number of rotatable bonds is 7. The van der Waals surface area contributed by atoms with Crippen molar-refractivity contribution in [2.75, 3.05) is 13.2 Å². The molecule has 0 amide bonds. The fourth-order valence-electron chi connectivity index (χ4n) is 2.71. The lowest BCUT2D eigenvalue weighted by molar-refractivity contribution is 0.288. The van der Waals surface area contributed by atoms with Crippen LogP contribution in [0.2, 0.25) is 5.02 Å². The maximum absolute atomic E-state index is 9.00. The molecule has 0 radical (unpaired) electrons. The van der Waals surface area contributed by atoms with Gasteiger partial charge in [-0.2, -0.15) is 0 Å². The number of benzene rings is 3. The van der Waals surface area contributed by atoms with Crippen LogP contribution >= 0.6 is 11.6 Å². The van der Waals surface area contributed by atoms with Crippen LogP contribution in [0.15, 0.2) is 60.7 Å². The molecule has 0 heterocycles. The highest BCUT2D eigenvalue weighted by Gasteiger charge is 2.09. The Morgan fingerprint density at radius 1 is 1.00 bits per heavy atom. The summed E-state index contributed by atoms with van der Waals surface area (Å²) in [6.45, 7) is 1.78. The Labute approximate surface area is 146 Å². The summed E-state index contributed by atoms with van der Waals surface area (Å²) in [6.07, 6.45) is 0. The molecule has 3 rings (SSSR count). The van der Waals surface area contributed by atoms with Crippen LogP contribution in [0.25, 0.3) is 10.8 Å². The summed E-state index contributed by atoms with van der Waals surface area (Å²) < 4.78 is 6.06. The minimum absolute atomic E-state index is 0.115. The number of nitrogens with one attached hydrogen (secondary N) is 1. The van der Waals surface area contributed by atoms with Gasteiger partial charge in [-0.3, -0.25) is 0 Å². The molecule has 0 saturated heterocycles. The monoisotopic (exact) mass is 341 g/mol. The first-order valence-corrected chi connectivity index (χ1v) is 8.35. The van der Waals surface area contributed by atoms with Gasteiger partial charge in [-0.25, -0.2) is 0 Å². The first-order chi connectivity index (χ1) is 11.8. The Morgan fingerprint density at radius 3 is 2.71 bits per heavy atom. The Balaban J connectivity index is 1.86. The van der Waals surface area contributed by atoms with Crippen molar-refractivity contribution in [3.63, 3.8) is 0 Å². The molecule has 24 heavy (non-hydrogen) atoms. The van der Waals surface area contributed by atoms with Crippen LogP contribution in [0.4, 0.5) is 0 Å². The first kappa shape index (κ1) is 16.8. The maximum Gasteiger partial charge on any atom is 0.124 e. The van der Waals surface area contributed by atoms with Crippen LogP contribution in [-0.2, 0) is 13.2 Å². The highest BCUT2D eigenvalue weighted by molar-refractivity contribution is 6.30. The molecule has 3 aromatic carbocycles. The molecule has 0 bridgehead atoms. The summed E-state index contributed by atoms with van der Waals surface area (Å²) in [5.41, 5.74) is 2.13. The number of aliphatic hydroxyl groups is 1. The van der Waals surface area contributed by atoms with Crippen LogP contribution in [-0.4, -0.2) is 18.3 Å². The zero-order valence-corrected chi connectivity index (χ0v) is 14.1. The molecule has 0 aliphatic carbocycles. The minimum atomic E-state index is 0.115. The lowest BCUT2D eigenvalue weighted by atomic mass is 10.0. The predicted octanol–water partition coefficient (Wildman–Crippen LogP) is 4.15. The molecule has 4 heteroatoms. The Hall–Kier alpha value is -2.07. The van der Waals surface area contributed by atoms with E-state index >= 15 is 0 Å². The fraction of sp³-hybridized carbons (Fsp3) is 0.200. The topological polar surface area (TPSA) is 41.5 Å². The summed E-state index contributed by atoms with van der Waals surface area (Å²) in [7, 11) is 0. The van der Waals surface area contributed by atoms with E-state index in [0.29, 0.717) is 24.7 Å². The normalized spacial score (nSPS) is 10.9. The Kier molecular flexibility index (Phi) is 5.70. The van der Waals surface area contributed by atoms with Crippen molar-refractivity contribution in [2.24, 2.45) is 0 Å². The Bertz CT molecular complexity index is 820. The molecule has 0 fully saturated rings. The second-order valence-corrected chi connectivity index (χ2v) is 6.02. The van der Waals surface area contributed by atoms with Gasteiger partial charge in [0.05, 0.1) is 6.61 Å². The highest BCUT2D eigenvalue weighted by atomic mass is 35.5. The summed E-state index contributed by atoms with van der Waals surface area (Å²) in [5.74, 6) is 0.846. The average Bonchev–Trinajstić information content (AvgIpc) is 2.61. The second kappa shape index (κ2) is 8.15. The Morgan fingerprint density at radius 2 is 1.88 bits per heavy atom. The van der Waals surface area contributed by atoms with Crippen molar-refractivity contribution < 1.29 is 9.84 Å². The molecular formula is C20H20ClNO2. The van der Waals surface area contributed by atoms with E-state index in [2.05, 4.69) is 23.5 Å². The van der Waals surface area contributed by atoms with Gasteiger partial charge >= 0.3 is 0 Å². The molecule has 3 aromatic rings. The fourth-order valence-corrected chi connectivity index (χ4v) is 2.93. The van der Waals surface area contributed by atoms with E-state index in [1.165, 1.54) is 5.39 Å². The zero-order chi connectivity index (χ0) is 16.8. The van der Waals surface area contributed by atoms with Gasteiger partial charge in [0.1, 0.15) is 12.4 Å². The zero-order valence-electron chi connectivity index (χ0n) is 13.3. The van der Waals surface area contributed by atoms with Crippen molar-refractivity contribution in [2.45, 2.75) is 13.2 Å². The van der Waals surface area contributed by atoms with Gasteiger partial charge in [0.15, 0.2) is 0 Å². The molecule has 0 aliphatic heterocycles. The molecule has 0 saturated carbocycles. The average molecular weight is 342 g/mol. The van der Waals surface area contributed by atoms with E-state index in [1.54, 1.807) is 0 Å². The summed E-state index contributed by atoms with van der Waals surface area (Å²) in [4.78, 5) is 0. The van der Waals surface area contributed by atoms with Gasteiger partial charge in [0, 0.05) is 23.7 Å². The minimum Gasteiger partial charge on any atom is -0.489 e. The highest BCUT2D eigenvalue weighted by Crippen LogP contribution is 2.29. The summed E-state index contributed by atoms with van der Waals surface area (Å²) >= 11 is 6.03. The molecule has 2 N–H and O–H groups in total. The summed E-state index contributed by atoms with van der Waals surface area (Å²) in [6, 6.07) is 20.0. The van der Waals surface area contributed by atoms with Crippen LogP contribution in [0.3, 0.4) is 0 Å². The van der Waals surface area contributed by atoms with E-state index in [1.807, 2.05) is 42.5 Å². The molecule has 124 valence electrons. The van der Waals surface area contributed by atoms with Crippen LogP contribution in [0.5, 0.6) is 5.75 Å². The third-order valence-corrected chi connectivity index (χ3v) is 4.11. The smallest absolute Gasteiger partial charge is 0.124 e. The van der Waals surface area contributed by atoms with Crippen molar-refractivity contribution in [3.05, 3.63) is 76.8 Å². The van der Waals surface area contributed by atoms with Crippen LogP contribution in [0.1, 0.15) is 11.1 Å². The first-order valence-electron chi connectivity index (χ1n) is 7.97. The molecule has 0 aromatic heterocycles. The number of hydrogen-bond donors (Lipinski definition) is 2. The molecule has 0 spiro atoms. The van der Waals surface area contributed by atoms with Crippen molar-refractivity contribution in [1.82, 2.24) is 5.32 Å². The largest absolute Gasteiger partial charge is 0.489 e. The van der Waals surface area contributed by atoms with Gasteiger partial charge in [0.2, 0.25) is 0 Å². The van der Waals surface area contributed by atoms with Crippen molar-refractivity contribution >= 4 is 22.4 Å². The SMILES string of the molecule is OCCNCc1c(OCc2cccc(Cl)c2)ccc2ccccc12. The standard InChI is InChI=1S/C20H20ClNO2/c21-17-6-3-4-15(12-17)14-24-20-9-8-16-5-1-2-7-18(16)19(20)13-22-10-11-23/h1-9,12,22-23H,10-11,13-14H2. The molecule has 0 unspecified atom stereocenters. The quantitative estimate of drug-likeness (QED) is 0.634. The van der Waals surface area contributed by atoms with Gasteiger partial charge in [0.25, 0.3) is 0 Å². The second-order valence-electron chi connectivity index (χ2n) is 5.58. The van der Waals surface area contributed by atoms with Crippen LogP contribution in [0, 0.1) is 0 Å². The van der Waals surface area contributed by atoms with Gasteiger partial charge in [-0.05, 0) is 34.5 Å². The lowest BCUT2D eigenvalue weighted by Gasteiger charge is -2.15. The number of fused-ring (bicyclic) bond motifs is 1. The van der Waals surface area contributed by atoms with Crippen molar-refractivity contribution in [3.8, 4) is 5.75 Å². The van der Waals surface area contributed by atoms with Crippen molar-refractivity contribution in [1.29, 1.82) is 0 Å². The van der Waals surface area contributed by atoms with Gasteiger partial charge < -0.3 is 15.2 Å². The number of halogens is 1. The van der Waals surface area contributed by atoms with Gasteiger partial charge in [-0.15, -0.1) is 0 Å². The third-order valence-electron chi connectivity index (χ3n) is 3.87. The van der Waals surface area contributed by atoms with E-state index in [9.17, 15) is 0 Å². The summed E-state index contributed by atoms with van der Waals surface area (Å²) in [5, 5.41) is 15.3. The van der Waals surface area contributed by atoms with E-state index in [0.717, 1.165) is 22.3 Å². The van der Waals surface area contributed by atoms with Crippen LogP contribution < -0.4 is 10.1 Å². The molecular weight excluding hydrogens is 322 g/mol. The third kappa shape index (κ3) is 4.06. The molecule has 0 aliphatic rings. The predicted molar refractivity (Wildman–Crippen MR) is 98.5 cm³/mol. The number of hydrogen-bond acceptors (Lipinski definition) is 3. The molecule has 3 nitrogen and oxygen atoms in total. The van der Waals surface area contributed by atoms with Gasteiger partial charge in [-0.1, -0.05) is 54.1 Å². The number of ether oxygens (including phenoxy) is 1. The maximum atomic E-state index is 9.00. The number of aliphatic hydroxyl groups excluding tert-OH is 1. The lowest BCUT2D eigenvalue weighted by Crippen LogP contribution is -2.18. The van der Waals surface area contributed by atoms with E-state index in [4.69, 9.17) is 21.4 Å².